The lowest BCUT2D eigenvalue weighted by atomic mass is 9.91. The molecule has 0 bridgehead atoms. The number of rotatable bonds is 3. The Morgan fingerprint density at radius 1 is 1.33 bits per heavy atom. The Balaban J connectivity index is 2.41. The maximum atomic E-state index is 13.0. The predicted octanol–water partition coefficient (Wildman–Crippen LogP) is 3.51. The molecular formula is C13H14F3NO. The van der Waals surface area contributed by atoms with Crippen molar-refractivity contribution in [3.8, 4) is 0 Å². The number of carbonyl (C=O) groups excluding carboxylic acids is 1. The van der Waals surface area contributed by atoms with E-state index in [0.717, 1.165) is 25.3 Å². The van der Waals surface area contributed by atoms with Gasteiger partial charge in [0.15, 0.2) is 0 Å². The number of aldehydes is 1. The van der Waals surface area contributed by atoms with E-state index in [9.17, 15) is 18.0 Å². The third-order valence-electron chi connectivity index (χ3n) is 3.46. The van der Waals surface area contributed by atoms with Crippen LogP contribution in [0.25, 0.3) is 0 Å². The van der Waals surface area contributed by atoms with Gasteiger partial charge in [0.1, 0.15) is 6.29 Å². The zero-order valence-corrected chi connectivity index (χ0v) is 10.00. The number of nitrogens with zero attached hydrogens (tertiary/aromatic N) is 1. The third-order valence-corrected chi connectivity index (χ3v) is 3.46. The smallest absolute Gasteiger partial charge is 0.371 e. The molecule has 0 spiro atoms. The van der Waals surface area contributed by atoms with Gasteiger partial charge in [-0.25, -0.2) is 0 Å². The number of halogens is 3. The van der Waals surface area contributed by atoms with E-state index in [0.29, 0.717) is 6.29 Å². The first kappa shape index (κ1) is 12.9. The van der Waals surface area contributed by atoms with Crippen LogP contribution in [0.4, 0.5) is 18.9 Å². The second-order valence-electron chi connectivity index (χ2n) is 4.59. The summed E-state index contributed by atoms with van der Waals surface area (Å²) in [5.41, 5.74) is -0.535. The molecular weight excluding hydrogens is 243 g/mol. The molecule has 1 aliphatic rings. The number of anilines is 1. The van der Waals surface area contributed by atoms with Crippen LogP contribution in [0, 0.1) is 0 Å². The molecule has 1 fully saturated rings. The zero-order valence-electron chi connectivity index (χ0n) is 10.00. The quantitative estimate of drug-likeness (QED) is 0.772. The van der Waals surface area contributed by atoms with Crippen molar-refractivity contribution in [1.29, 1.82) is 0 Å². The molecule has 0 amide bonds. The van der Waals surface area contributed by atoms with Gasteiger partial charge in [0.2, 0.25) is 0 Å². The highest BCUT2D eigenvalue weighted by atomic mass is 19.4. The van der Waals surface area contributed by atoms with Gasteiger partial charge in [-0.1, -0.05) is 0 Å². The van der Waals surface area contributed by atoms with Gasteiger partial charge in [0, 0.05) is 24.3 Å². The van der Waals surface area contributed by atoms with E-state index in [-0.39, 0.29) is 17.3 Å². The highest BCUT2D eigenvalue weighted by Gasteiger charge is 2.36. The summed E-state index contributed by atoms with van der Waals surface area (Å²) in [7, 11) is 1.68. The van der Waals surface area contributed by atoms with E-state index in [1.807, 2.05) is 0 Å². The molecule has 1 aromatic carbocycles. The SMILES string of the molecule is CN(c1ccc(C=O)cc1C(F)(F)F)C1CCC1. The molecule has 0 aromatic heterocycles. The van der Waals surface area contributed by atoms with Gasteiger partial charge in [0.25, 0.3) is 0 Å². The molecule has 0 unspecified atom stereocenters. The fourth-order valence-corrected chi connectivity index (χ4v) is 2.13. The van der Waals surface area contributed by atoms with Gasteiger partial charge in [-0.15, -0.1) is 0 Å². The second kappa shape index (κ2) is 4.63. The molecule has 18 heavy (non-hydrogen) atoms. The first-order valence-electron chi connectivity index (χ1n) is 5.82. The van der Waals surface area contributed by atoms with Crippen LogP contribution >= 0.6 is 0 Å². The van der Waals surface area contributed by atoms with Crippen molar-refractivity contribution in [3.05, 3.63) is 29.3 Å². The van der Waals surface area contributed by atoms with E-state index < -0.39 is 11.7 Å². The zero-order chi connectivity index (χ0) is 13.3. The van der Waals surface area contributed by atoms with Gasteiger partial charge in [0.05, 0.1) is 5.56 Å². The van der Waals surface area contributed by atoms with Crippen molar-refractivity contribution in [2.24, 2.45) is 0 Å². The summed E-state index contributed by atoms with van der Waals surface area (Å²) in [5, 5.41) is 0. The Labute approximate surface area is 103 Å². The van der Waals surface area contributed by atoms with Crippen molar-refractivity contribution in [2.75, 3.05) is 11.9 Å². The summed E-state index contributed by atoms with van der Waals surface area (Å²) in [5.74, 6) is 0. The Morgan fingerprint density at radius 2 is 2.00 bits per heavy atom. The number of hydrogen-bond donors (Lipinski definition) is 0. The van der Waals surface area contributed by atoms with Gasteiger partial charge in [-0.3, -0.25) is 4.79 Å². The molecule has 5 heteroatoms. The van der Waals surface area contributed by atoms with E-state index in [2.05, 4.69) is 0 Å². The number of alkyl halides is 3. The third kappa shape index (κ3) is 2.35. The predicted molar refractivity (Wildman–Crippen MR) is 62.9 cm³/mol. The van der Waals surface area contributed by atoms with Crippen LogP contribution in [0.1, 0.15) is 35.2 Å². The monoisotopic (exact) mass is 257 g/mol. The van der Waals surface area contributed by atoms with Crippen LogP contribution < -0.4 is 4.90 Å². The van der Waals surface area contributed by atoms with Gasteiger partial charge >= 0.3 is 6.18 Å². The Hall–Kier alpha value is -1.52. The number of hydrogen-bond acceptors (Lipinski definition) is 2. The van der Waals surface area contributed by atoms with Crippen molar-refractivity contribution in [1.82, 2.24) is 0 Å². The fraction of sp³-hybridized carbons (Fsp3) is 0.462. The average Bonchev–Trinajstić information content (AvgIpc) is 2.24. The lowest BCUT2D eigenvalue weighted by Gasteiger charge is -2.37. The molecule has 0 atom stereocenters. The van der Waals surface area contributed by atoms with Crippen LogP contribution in [0.3, 0.4) is 0 Å². The lowest BCUT2D eigenvalue weighted by Crippen LogP contribution is -2.38. The summed E-state index contributed by atoms with van der Waals surface area (Å²) in [6.45, 7) is 0. The molecule has 1 aliphatic carbocycles. The summed E-state index contributed by atoms with van der Waals surface area (Å²) < 4.78 is 38.9. The Morgan fingerprint density at radius 3 is 2.44 bits per heavy atom. The topological polar surface area (TPSA) is 20.3 Å². The fourth-order valence-electron chi connectivity index (χ4n) is 2.13. The van der Waals surface area contributed by atoms with E-state index in [1.165, 1.54) is 12.1 Å². The lowest BCUT2D eigenvalue weighted by molar-refractivity contribution is -0.137. The number of carbonyl (C=O) groups is 1. The van der Waals surface area contributed by atoms with Crippen LogP contribution in [0.15, 0.2) is 18.2 Å². The number of benzene rings is 1. The van der Waals surface area contributed by atoms with E-state index in [1.54, 1.807) is 11.9 Å². The summed E-state index contributed by atoms with van der Waals surface area (Å²) >= 11 is 0. The van der Waals surface area contributed by atoms with Crippen LogP contribution in [0.5, 0.6) is 0 Å². The molecule has 0 N–H and O–H groups in total. The molecule has 0 heterocycles. The van der Waals surface area contributed by atoms with Gasteiger partial charge < -0.3 is 4.90 Å². The highest BCUT2D eigenvalue weighted by Crippen LogP contribution is 2.39. The highest BCUT2D eigenvalue weighted by molar-refractivity contribution is 5.77. The summed E-state index contributed by atoms with van der Waals surface area (Å²) in [6, 6.07) is 3.89. The molecule has 2 rings (SSSR count). The van der Waals surface area contributed by atoms with Crippen molar-refractivity contribution in [2.45, 2.75) is 31.5 Å². The molecule has 0 aliphatic heterocycles. The minimum Gasteiger partial charge on any atom is -0.371 e. The van der Waals surface area contributed by atoms with Crippen LogP contribution in [-0.4, -0.2) is 19.4 Å². The Kier molecular flexibility index (Phi) is 3.32. The molecule has 1 saturated carbocycles. The van der Waals surface area contributed by atoms with Gasteiger partial charge in [-0.2, -0.15) is 13.2 Å². The van der Waals surface area contributed by atoms with Crippen LogP contribution in [0.2, 0.25) is 0 Å². The maximum absolute atomic E-state index is 13.0. The summed E-state index contributed by atoms with van der Waals surface area (Å²) in [4.78, 5) is 12.3. The van der Waals surface area contributed by atoms with Crippen molar-refractivity contribution in [3.63, 3.8) is 0 Å². The van der Waals surface area contributed by atoms with Crippen molar-refractivity contribution < 1.29 is 18.0 Å². The summed E-state index contributed by atoms with van der Waals surface area (Å²) in [6.07, 6.45) is -1.11. The molecule has 0 saturated heterocycles. The minimum atomic E-state index is -4.44. The second-order valence-corrected chi connectivity index (χ2v) is 4.59. The molecule has 0 radical (unpaired) electrons. The van der Waals surface area contributed by atoms with E-state index >= 15 is 0 Å². The molecule has 98 valence electrons. The Bertz CT molecular complexity index is 452. The minimum absolute atomic E-state index is 0.0492. The van der Waals surface area contributed by atoms with Crippen molar-refractivity contribution >= 4 is 12.0 Å². The molecule has 2 nitrogen and oxygen atoms in total. The van der Waals surface area contributed by atoms with E-state index in [4.69, 9.17) is 0 Å². The average molecular weight is 257 g/mol. The maximum Gasteiger partial charge on any atom is 0.418 e. The largest absolute Gasteiger partial charge is 0.418 e. The standard InChI is InChI=1S/C13H14F3NO/c1-17(10-3-2-4-10)12-6-5-9(8-18)7-11(12)13(14,15)16/h5-8,10H,2-4H2,1H3. The van der Waals surface area contributed by atoms with Gasteiger partial charge in [-0.05, 0) is 37.5 Å². The normalized spacial score (nSPS) is 16.2. The first-order chi connectivity index (χ1) is 8.43. The molecule has 1 aromatic rings. The van der Waals surface area contributed by atoms with Crippen LogP contribution in [-0.2, 0) is 6.18 Å². The first-order valence-corrected chi connectivity index (χ1v) is 5.82.